The molecule has 1 heterocycles. The van der Waals surface area contributed by atoms with E-state index in [-0.39, 0.29) is 0 Å². The predicted molar refractivity (Wildman–Crippen MR) is 116 cm³/mol. The largest absolute Gasteiger partial charge is 0.493 e. The van der Waals surface area contributed by atoms with E-state index in [2.05, 4.69) is 31.2 Å². The Morgan fingerprint density at radius 3 is 2.82 bits per heavy atom. The van der Waals surface area contributed by atoms with E-state index < -0.39 is 0 Å². The van der Waals surface area contributed by atoms with E-state index in [0.717, 1.165) is 41.7 Å². The van der Waals surface area contributed by atoms with E-state index in [1.165, 1.54) is 61.8 Å². The molecular weight excluding hydrogens is 364 g/mol. The molecule has 1 nitrogen and oxygen atoms in total. The Morgan fingerprint density at radius 2 is 1.96 bits per heavy atom. The first-order valence-electron chi connectivity index (χ1n) is 11.2. The van der Waals surface area contributed by atoms with Crippen molar-refractivity contribution in [2.24, 2.45) is 17.8 Å². The highest BCUT2D eigenvalue weighted by Gasteiger charge is 2.44. The number of fused-ring (bicyclic) bond motifs is 4. The average Bonchev–Trinajstić information content (AvgIpc) is 3.50. The van der Waals surface area contributed by atoms with Gasteiger partial charge in [0, 0.05) is 10.9 Å². The van der Waals surface area contributed by atoms with Crippen LogP contribution < -0.4 is 4.74 Å². The minimum atomic E-state index is 0.788. The SMILES string of the molecule is C[C@H](CCc1ccc(Cl)cc1)CCC1CCc2cc3c(cc2C1)OCC1CC31. The summed E-state index contributed by atoms with van der Waals surface area (Å²) in [5.74, 6) is 4.47. The van der Waals surface area contributed by atoms with Gasteiger partial charge >= 0.3 is 0 Å². The molecule has 0 amide bonds. The molecule has 3 unspecified atom stereocenters. The maximum atomic E-state index is 6.05. The van der Waals surface area contributed by atoms with Gasteiger partial charge in [-0.25, -0.2) is 0 Å². The smallest absolute Gasteiger partial charge is 0.123 e. The second-order valence-corrected chi connectivity index (χ2v) is 9.96. The summed E-state index contributed by atoms with van der Waals surface area (Å²) in [5, 5.41) is 0.831. The fourth-order valence-electron chi connectivity index (χ4n) is 5.28. The van der Waals surface area contributed by atoms with Gasteiger partial charge in [0.05, 0.1) is 6.61 Å². The molecule has 0 radical (unpaired) electrons. The average molecular weight is 395 g/mol. The Hall–Kier alpha value is -1.47. The van der Waals surface area contributed by atoms with Gasteiger partial charge in [0.1, 0.15) is 5.75 Å². The molecule has 2 aliphatic carbocycles. The van der Waals surface area contributed by atoms with E-state index in [4.69, 9.17) is 16.3 Å². The number of ether oxygens (including phenoxy) is 1. The molecule has 0 aromatic heterocycles. The highest BCUT2D eigenvalue weighted by Crippen LogP contribution is 2.54. The van der Waals surface area contributed by atoms with E-state index in [1.54, 1.807) is 11.1 Å². The van der Waals surface area contributed by atoms with E-state index in [0.29, 0.717) is 0 Å². The minimum Gasteiger partial charge on any atom is -0.493 e. The topological polar surface area (TPSA) is 9.23 Å². The molecule has 5 rings (SSSR count). The van der Waals surface area contributed by atoms with Crippen molar-refractivity contribution in [1.82, 2.24) is 0 Å². The zero-order valence-electron chi connectivity index (χ0n) is 16.9. The summed E-state index contributed by atoms with van der Waals surface area (Å²) in [6, 6.07) is 13.2. The molecule has 4 atom stereocenters. The Balaban J connectivity index is 1.13. The van der Waals surface area contributed by atoms with Crippen molar-refractivity contribution in [2.75, 3.05) is 6.61 Å². The Kier molecular flexibility index (Phi) is 5.13. The molecule has 2 heteroatoms. The number of rotatable bonds is 6. The molecule has 148 valence electrons. The second kappa shape index (κ2) is 7.75. The van der Waals surface area contributed by atoms with Crippen molar-refractivity contribution in [3.05, 3.63) is 63.7 Å². The lowest BCUT2D eigenvalue weighted by Crippen LogP contribution is -2.17. The second-order valence-electron chi connectivity index (χ2n) is 9.53. The van der Waals surface area contributed by atoms with Crippen molar-refractivity contribution >= 4 is 11.6 Å². The molecule has 1 saturated carbocycles. The summed E-state index contributed by atoms with van der Waals surface area (Å²) in [7, 11) is 0. The molecule has 1 fully saturated rings. The van der Waals surface area contributed by atoms with Gasteiger partial charge in [0.2, 0.25) is 0 Å². The molecule has 0 bridgehead atoms. The van der Waals surface area contributed by atoms with Crippen LogP contribution in [0.3, 0.4) is 0 Å². The minimum absolute atomic E-state index is 0.788. The van der Waals surface area contributed by atoms with Gasteiger partial charge in [0.15, 0.2) is 0 Å². The lowest BCUT2D eigenvalue weighted by atomic mass is 9.79. The molecular formula is C26H31ClO. The predicted octanol–water partition coefficient (Wildman–Crippen LogP) is 6.99. The van der Waals surface area contributed by atoms with Crippen molar-refractivity contribution in [3.63, 3.8) is 0 Å². The summed E-state index contributed by atoms with van der Waals surface area (Å²) in [6.45, 7) is 3.37. The third-order valence-corrected chi connectivity index (χ3v) is 7.60. The molecule has 28 heavy (non-hydrogen) atoms. The number of hydrogen-bond acceptors (Lipinski definition) is 1. The molecule has 0 spiro atoms. The van der Waals surface area contributed by atoms with Crippen molar-refractivity contribution in [3.8, 4) is 5.75 Å². The summed E-state index contributed by atoms with van der Waals surface area (Å²) in [5.41, 5.74) is 6.11. The van der Waals surface area contributed by atoms with Gasteiger partial charge in [-0.05, 0) is 103 Å². The first-order valence-corrected chi connectivity index (χ1v) is 11.6. The normalized spacial score (nSPS) is 25.9. The first kappa shape index (κ1) is 18.6. The molecule has 3 aliphatic rings. The Labute approximate surface area is 174 Å². The number of benzene rings is 2. The van der Waals surface area contributed by atoms with Gasteiger partial charge in [-0.2, -0.15) is 0 Å². The Bertz CT molecular complexity index is 840. The van der Waals surface area contributed by atoms with Crippen LogP contribution in [0.25, 0.3) is 0 Å². The van der Waals surface area contributed by atoms with Crippen LogP contribution in [-0.4, -0.2) is 6.61 Å². The zero-order chi connectivity index (χ0) is 19.1. The summed E-state index contributed by atoms with van der Waals surface area (Å²) in [6.07, 6.45) is 10.4. The van der Waals surface area contributed by atoms with Gasteiger partial charge in [-0.1, -0.05) is 43.1 Å². The zero-order valence-corrected chi connectivity index (χ0v) is 17.7. The van der Waals surface area contributed by atoms with Crippen LogP contribution in [0.1, 0.15) is 67.2 Å². The number of halogens is 1. The van der Waals surface area contributed by atoms with Gasteiger partial charge in [0.25, 0.3) is 0 Å². The molecule has 2 aromatic rings. The van der Waals surface area contributed by atoms with Crippen LogP contribution in [0.15, 0.2) is 36.4 Å². The van der Waals surface area contributed by atoms with Crippen LogP contribution >= 0.6 is 11.6 Å². The number of hydrogen-bond donors (Lipinski definition) is 0. The standard InChI is InChI=1S/C26H31ClO/c1-17(2-4-18-7-10-23(27)11-8-18)3-5-19-6-9-20-13-25-24-14-22(24)16-28-26(25)15-21(20)12-19/h7-8,10-11,13,15,17,19,22,24H,2-6,9,12,14,16H2,1H3/t17-,19?,22?,24?/m1/s1. The van der Waals surface area contributed by atoms with Crippen LogP contribution in [0.5, 0.6) is 5.75 Å². The molecule has 0 N–H and O–H groups in total. The third kappa shape index (κ3) is 3.96. The van der Waals surface area contributed by atoms with E-state index >= 15 is 0 Å². The summed E-state index contributed by atoms with van der Waals surface area (Å²) >= 11 is 5.99. The monoisotopic (exact) mass is 394 g/mol. The fraction of sp³-hybridized carbons (Fsp3) is 0.538. The molecule has 0 saturated heterocycles. The summed E-state index contributed by atoms with van der Waals surface area (Å²) in [4.78, 5) is 0. The van der Waals surface area contributed by atoms with E-state index in [9.17, 15) is 0 Å². The van der Waals surface area contributed by atoms with Gasteiger partial charge in [-0.3, -0.25) is 0 Å². The summed E-state index contributed by atoms with van der Waals surface area (Å²) < 4.78 is 6.05. The lowest BCUT2D eigenvalue weighted by molar-refractivity contribution is 0.278. The van der Waals surface area contributed by atoms with Crippen molar-refractivity contribution < 1.29 is 4.74 Å². The molecule has 2 aromatic carbocycles. The van der Waals surface area contributed by atoms with Gasteiger partial charge in [-0.15, -0.1) is 0 Å². The first-order chi connectivity index (χ1) is 13.7. The van der Waals surface area contributed by atoms with Crippen LogP contribution in [0.4, 0.5) is 0 Å². The highest BCUT2D eigenvalue weighted by molar-refractivity contribution is 6.30. The van der Waals surface area contributed by atoms with Crippen LogP contribution in [-0.2, 0) is 19.3 Å². The highest BCUT2D eigenvalue weighted by atomic mass is 35.5. The lowest BCUT2D eigenvalue weighted by Gasteiger charge is -2.28. The number of aryl methyl sites for hydroxylation is 2. The Morgan fingerprint density at radius 1 is 1.11 bits per heavy atom. The van der Waals surface area contributed by atoms with E-state index in [1.807, 2.05) is 12.1 Å². The third-order valence-electron chi connectivity index (χ3n) is 7.34. The van der Waals surface area contributed by atoms with Crippen molar-refractivity contribution in [1.29, 1.82) is 0 Å². The van der Waals surface area contributed by atoms with Crippen molar-refractivity contribution in [2.45, 2.75) is 64.2 Å². The fourth-order valence-corrected chi connectivity index (χ4v) is 5.41. The quantitative estimate of drug-likeness (QED) is 0.513. The maximum Gasteiger partial charge on any atom is 0.123 e. The van der Waals surface area contributed by atoms with Crippen LogP contribution in [0, 0.1) is 17.8 Å². The van der Waals surface area contributed by atoms with Crippen LogP contribution in [0.2, 0.25) is 5.02 Å². The van der Waals surface area contributed by atoms with Gasteiger partial charge < -0.3 is 4.74 Å². The molecule has 1 aliphatic heterocycles. The maximum absolute atomic E-state index is 6.05.